The number of nitriles is 1. The van der Waals surface area contributed by atoms with Gasteiger partial charge in [0.2, 0.25) is 0 Å². The average Bonchev–Trinajstić information content (AvgIpc) is 3.18. The normalized spacial score (nSPS) is 11.2. The van der Waals surface area contributed by atoms with Crippen LogP contribution in [0.15, 0.2) is 18.3 Å². The van der Waals surface area contributed by atoms with Gasteiger partial charge in [-0.25, -0.2) is 14.8 Å². The van der Waals surface area contributed by atoms with Crippen molar-refractivity contribution in [1.82, 2.24) is 14.5 Å². The van der Waals surface area contributed by atoms with Gasteiger partial charge in [-0.05, 0) is 37.8 Å². The second-order valence-electron chi connectivity index (χ2n) is 9.89. The highest BCUT2D eigenvalue weighted by atomic mass is 16.5. The number of nitrogens with zero attached hydrogens (tertiary/aromatic N) is 4. The van der Waals surface area contributed by atoms with Gasteiger partial charge in [-0.3, -0.25) is 4.79 Å². The third kappa shape index (κ3) is 7.11. The Kier molecular flexibility index (Phi) is 9.77. The highest BCUT2D eigenvalue weighted by molar-refractivity contribution is 5.98. The van der Waals surface area contributed by atoms with Crippen molar-refractivity contribution in [2.45, 2.75) is 59.4 Å². The van der Waals surface area contributed by atoms with Gasteiger partial charge in [0.05, 0.1) is 32.4 Å². The van der Waals surface area contributed by atoms with Crippen LogP contribution < -0.4 is 24.7 Å². The van der Waals surface area contributed by atoms with Gasteiger partial charge < -0.3 is 34.4 Å². The van der Waals surface area contributed by atoms with Crippen molar-refractivity contribution in [1.29, 1.82) is 5.26 Å². The first-order chi connectivity index (χ1) is 19.0. The molecular formula is C28H35N5O7. The van der Waals surface area contributed by atoms with Crippen LogP contribution in [0, 0.1) is 11.3 Å². The number of aromatic nitrogens is 3. The van der Waals surface area contributed by atoms with E-state index in [1.165, 1.54) is 6.07 Å². The van der Waals surface area contributed by atoms with Gasteiger partial charge in [-0.2, -0.15) is 5.26 Å². The summed E-state index contributed by atoms with van der Waals surface area (Å²) in [5, 5.41) is 18.1. The quantitative estimate of drug-likeness (QED) is 0.217. The highest BCUT2D eigenvalue weighted by Gasteiger charge is 2.27. The number of unbranched alkanes of at least 4 members (excludes halogenated alkanes) is 1. The fraction of sp³-hybridized carbons (Fsp3) is 0.464. The summed E-state index contributed by atoms with van der Waals surface area (Å²) in [6.07, 6.45) is 2.37. The fourth-order valence-electron chi connectivity index (χ4n) is 3.93. The number of benzene rings is 1. The molecule has 12 heteroatoms. The topological polar surface area (TPSA) is 172 Å². The fourth-order valence-corrected chi connectivity index (χ4v) is 3.93. The number of carbonyl (C=O) groups is 2. The summed E-state index contributed by atoms with van der Waals surface area (Å²) in [6, 6.07) is 5.26. The molecule has 0 unspecified atom stereocenters. The number of nitrogen functional groups attached to an aromatic ring is 1. The molecule has 3 N–H and O–H groups in total. The second kappa shape index (κ2) is 13.0. The highest BCUT2D eigenvalue weighted by Crippen LogP contribution is 2.40. The Bertz CT molecular complexity index is 1420. The molecule has 0 aliphatic carbocycles. The maximum absolute atomic E-state index is 13.6. The van der Waals surface area contributed by atoms with E-state index in [2.05, 4.69) is 16.0 Å². The minimum Gasteiger partial charge on any atom is -0.490 e. The van der Waals surface area contributed by atoms with E-state index in [-0.39, 0.29) is 54.4 Å². The van der Waals surface area contributed by atoms with Crippen LogP contribution in [-0.2, 0) is 16.8 Å². The van der Waals surface area contributed by atoms with E-state index in [1.807, 2.05) is 34.6 Å². The molecule has 0 amide bonds. The van der Waals surface area contributed by atoms with E-state index in [0.29, 0.717) is 41.8 Å². The number of nitrogens with two attached hydrogens (primary N) is 1. The number of carbonyl (C=O) groups excluding carboxylic acids is 1. The number of carboxylic acid groups (broad SMARTS) is 1. The Morgan fingerprint density at radius 3 is 2.35 bits per heavy atom. The molecule has 0 saturated heterocycles. The average molecular weight is 554 g/mol. The lowest BCUT2D eigenvalue weighted by Crippen LogP contribution is -2.19. The molecule has 3 aromatic rings. The molecule has 0 fully saturated rings. The van der Waals surface area contributed by atoms with E-state index < -0.39 is 18.0 Å². The molecule has 214 valence electrons. The first kappa shape index (κ1) is 30.0. The van der Waals surface area contributed by atoms with Crippen molar-refractivity contribution in [3.8, 4) is 29.3 Å². The molecule has 1 aromatic carbocycles. The van der Waals surface area contributed by atoms with Crippen molar-refractivity contribution >= 4 is 28.6 Å². The van der Waals surface area contributed by atoms with Gasteiger partial charge in [0.1, 0.15) is 16.9 Å². The van der Waals surface area contributed by atoms with Gasteiger partial charge in [0, 0.05) is 23.7 Å². The summed E-state index contributed by atoms with van der Waals surface area (Å²) in [6.45, 7) is 9.63. The van der Waals surface area contributed by atoms with Crippen LogP contribution in [0.1, 0.15) is 63.4 Å². The predicted molar refractivity (Wildman–Crippen MR) is 147 cm³/mol. The van der Waals surface area contributed by atoms with E-state index >= 15 is 0 Å². The van der Waals surface area contributed by atoms with Crippen molar-refractivity contribution in [2.24, 2.45) is 0 Å². The molecule has 2 aromatic heterocycles. The third-order valence-electron chi connectivity index (χ3n) is 5.78. The molecular weight excluding hydrogens is 518 g/mol. The number of hydrogen-bond acceptors (Lipinski definition) is 10. The second-order valence-corrected chi connectivity index (χ2v) is 9.89. The maximum Gasteiger partial charge on any atom is 0.341 e. The maximum atomic E-state index is 13.6. The van der Waals surface area contributed by atoms with Crippen LogP contribution in [0.25, 0.3) is 11.0 Å². The molecule has 3 rings (SSSR count). The van der Waals surface area contributed by atoms with E-state index in [1.54, 1.807) is 16.8 Å². The molecule has 12 nitrogen and oxygen atoms in total. The van der Waals surface area contributed by atoms with Crippen LogP contribution in [-0.4, -0.2) is 57.8 Å². The van der Waals surface area contributed by atoms with Crippen molar-refractivity contribution in [3.05, 3.63) is 29.5 Å². The Morgan fingerprint density at radius 1 is 1.07 bits per heavy atom. The lowest BCUT2D eigenvalue weighted by Gasteiger charge is -2.25. The number of anilines is 1. The third-order valence-corrected chi connectivity index (χ3v) is 5.78. The number of ketones is 1. The number of ether oxygens (including phenoxy) is 4. The van der Waals surface area contributed by atoms with Crippen LogP contribution in [0.5, 0.6) is 23.3 Å². The van der Waals surface area contributed by atoms with Crippen LogP contribution >= 0.6 is 0 Å². The number of Topliss-reactive ketones (excluding diaryl/α,β-unsaturated/α-hetero) is 1. The van der Waals surface area contributed by atoms with Crippen LogP contribution in [0.4, 0.5) is 5.82 Å². The van der Waals surface area contributed by atoms with Crippen molar-refractivity contribution in [2.75, 3.05) is 32.2 Å². The van der Waals surface area contributed by atoms with Gasteiger partial charge in [0.15, 0.2) is 23.9 Å². The molecule has 40 heavy (non-hydrogen) atoms. The molecule has 0 bridgehead atoms. The summed E-state index contributed by atoms with van der Waals surface area (Å²) in [4.78, 5) is 33.8. The molecule has 0 aliphatic heterocycles. The Morgan fingerprint density at radius 2 is 1.75 bits per heavy atom. The van der Waals surface area contributed by atoms with E-state index in [4.69, 9.17) is 29.9 Å². The molecule has 0 spiro atoms. The predicted octanol–water partition coefficient (Wildman–Crippen LogP) is 4.14. The van der Waals surface area contributed by atoms with Crippen LogP contribution in [0.3, 0.4) is 0 Å². The van der Waals surface area contributed by atoms with Gasteiger partial charge >= 0.3 is 5.97 Å². The number of aliphatic carboxylic acids is 1. The molecule has 0 radical (unpaired) electrons. The Balaban J connectivity index is 2.02. The SMILES string of the molecule is CCOc1nc2cn(CC(=O)c3cc(OCCCC#N)c(OCC(=O)O)c(C(C)(C)C)c3)c(N)c2nc1OCC. The largest absolute Gasteiger partial charge is 0.490 e. The first-order valence-electron chi connectivity index (χ1n) is 13.0. The number of carboxylic acids is 1. The lowest BCUT2D eigenvalue weighted by atomic mass is 9.84. The first-order valence-corrected chi connectivity index (χ1v) is 13.0. The summed E-state index contributed by atoms with van der Waals surface area (Å²) < 4.78 is 24.2. The van der Waals surface area contributed by atoms with Crippen LogP contribution in [0.2, 0.25) is 0 Å². The number of rotatable bonds is 14. The number of fused-ring (bicyclic) bond motifs is 1. The summed E-state index contributed by atoms with van der Waals surface area (Å²) in [5.74, 6) is -0.248. The number of hydrogen-bond donors (Lipinski definition) is 2. The van der Waals surface area contributed by atoms with Crippen molar-refractivity contribution in [3.63, 3.8) is 0 Å². The Labute approximate surface area is 232 Å². The zero-order valence-electron chi connectivity index (χ0n) is 23.4. The molecule has 0 aliphatic rings. The van der Waals surface area contributed by atoms with Crippen molar-refractivity contribution < 1.29 is 33.6 Å². The minimum absolute atomic E-state index is 0.120. The summed E-state index contributed by atoms with van der Waals surface area (Å²) in [5.41, 5.74) is 7.60. The van der Waals surface area contributed by atoms with Gasteiger partial charge in [-0.15, -0.1) is 0 Å². The summed E-state index contributed by atoms with van der Waals surface area (Å²) in [7, 11) is 0. The van der Waals surface area contributed by atoms with E-state index in [0.717, 1.165) is 0 Å². The van der Waals surface area contributed by atoms with E-state index in [9.17, 15) is 14.7 Å². The van der Waals surface area contributed by atoms with Gasteiger partial charge in [-0.1, -0.05) is 20.8 Å². The van der Waals surface area contributed by atoms with Gasteiger partial charge in [0.25, 0.3) is 11.8 Å². The molecule has 2 heterocycles. The zero-order valence-corrected chi connectivity index (χ0v) is 23.4. The zero-order chi connectivity index (χ0) is 29.4. The monoisotopic (exact) mass is 553 g/mol. The standard InChI is InChI=1S/C28H35N5O7/c1-6-37-26-27(38-7-2)32-23-19(31-26)14-33(25(23)30)15-20(34)17-12-18(28(3,4)5)24(40-16-22(35)36)21(13-17)39-11-9-8-10-29/h12-14H,6-9,11,15-16,30H2,1-5H3,(H,35,36). The molecule has 0 saturated carbocycles. The minimum atomic E-state index is -1.15. The summed E-state index contributed by atoms with van der Waals surface area (Å²) >= 11 is 0. The molecule has 0 atom stereocenters. The Hall–Kier alpha value is -4.53. The lowest BCUT2D eigenvalue weighted by molar-refractivity contribution is -0.139. The smallest absolute Gasteiger partial charge is 0.341 e.